The minimum atomic E-state index is 0.584. The van der Waals surface area contributed by atoms with Crippen LogP contribution in [0.4, 0.5) is 0 Å². The number of rotatable bonds is 5. The number of halogens is 1. The Hall–Kier alpha value is -0.510. The Morgan fingerprint density at radius 1 is 1.69 bits per heavy atom. The molecule has 0 aliphatic rings. The van der Waals surface area contributed by atoms with Crippen LogP contribution in [-0.2, 0) is 7.05 Å². The van der Waals surface area contributed by atoms with E-state index in [0.717, 1.165) is 24.1 Å². The molecule has 0 saturated carbocycles. The first-order valence-corrected chi connectivity index (χ1v) is 5.55. The third-order valence-electron chi connectivity index (χ3n) is 1.96. The minimum absolute atomic E-state index is 0.584. The van der Waals surface area contributed by atoms with Crippen molar-refractivity contribution in [1.29, 1.82) is 0 Å². The van der Waals surface area contributed by atoms with Crippen molar-refractivity contribution in [3.05, 3.63) is 12.4 Å². The Balaban J connectivity index is 2.33. The van der Waals surface area contributed by atoms with Crippen LogP contribution >= 0.6 is 15.9 Å². The van der Waals surface area contributed by atoms with Crippen molar-refractivity contribution in [2.75, 3.05) is 11.9 Å². The zero-order valence-electron chi connectivity index (χ0n) is 8.03. The fourth-order valence-electron chi connectivity index (χ4n) is 0.959. The minimum Gasteiger partial charge on any atom is -0.490 e. The van der Waals surface area contributed by atoms with E-state index in [-0.39, 0.29) is 0 Å². The molecule has 1 aromatic heterocycles. The van der Waals surface area contributed by atoms with Crippen LogP contribution in [0.5, 0.6) is 5.75 Å². The number of hydrogen-bond acceptors (Lipinski definition) is 2. The quantitative estimate of drug-likeness (QED) is 0.746. The molecular weight excluding hydrogens is 232 g/mol. The second-order valence-electron chi connectivity index (χ2n) is 3.09. The fourth-order valence-corrected chi connectivity index (χ4v) is 1.60. The van der Waals surface area contributed by atoms with Crippen molar-refractivity contribution >= 4 is 15.9 Å². The molecule has 1 rings (SSSR count). The van der Waals surface area contributed by atoms with Gasteiger partial charge >= 0.3 is 0 Å². The van der Waals surface area contributed by atoms with Gasteiger partial charge in [0.05, 0.1) is 19.0 Å². The van der Waals surface area contributed by atoms with Gasteiger partial charge < -0.3 is 4.74 Å². The van der Waals surface area contributed by atoms with E-state index in [4.69, 9.17) is 4.74 Å². The molecule has 1 unspecified atom stereocenters. The molecule has 1 heterocycles. The van der Waals surface area contributed by atoms with Gasteiger partial charge in [-0.1, -0.05) is 22.9 Å². The summed E-state index contributed by atoms with van der Waals surface area (Å²) in [5.41, 5.74) is 0. The second kappa shape index (κ2) is 5.27. The topological polar surface area (TPSA) is 27.1 Å². The molecule has 0 saturated heterocycles. The number of hydrogen-bond donors (Lipinski definition) is 0. The van der Waals surface area contributed by atoms with Crippen LogP contribution in [-0.4, -0.2) is 21.7 Å². The Labute approximate surface area is 87.2 Å². The van der Waals surface area contributed by atoms with Gasteiger partial charge in [-0.3, -0.25) is 4.68 Å². The summed E-state index contributed by atoms with van der Waals surface area (Å²) in [4.78, 5) is 0. The maximum absolute atomic E-state index is 5.56. The molecule has 0 fully saturated rings. The highest BCUT2D eigenvalue weighted by Crippen LogP contribution is 2.12. The molecule has 0 N–H and O–H groups in total. The summed E-state index contributed by atoms with van der Waals surface area (Å²) in [5, 5.41) is 5.02. The molecule has 0 radical (unpaired) electrons. The van der Waals surface area contributed by atoms with Crippen molar-refractivity contribution in [2.45, 2.75) is 13.3 Å². The molecular formula is C9H15BrN2O. The van der Waals surface area contributed by atoms with Crippen LogP contribution in [0.3, 0.4) is 0 Å². The summed E-state index contributed by atoms with van der Waals surface area (Å²) in [7, 11) is 1.88. The van der Waals surface area contributed by atoms with Crippen molar-refractivity contribution in [3.63, 3.8) is 0 Å². The van der Waals surface area contributed by atoms with Crippen LogP contribution in [0, 0.1) is 5.92 Å². The second-order valence-corrected chi connectivity index (χ2v) is 3.74. The molecule has 0 aliphatic carbocycles. The third kappa shape index (κ3) is 3.38. The summed E-state index contributed by atoms with van der Waals surface area (Å²) in [6.07, 6.45) is 4.74. The van der Waals surface area contributed by atoms with Crippen LogP contribution in [0.15, 0.2) is 12.4 Å². The van der Waals surface area contributed by atoms with Crippen LogP contribution in [0.1, 0.15) is 13.3 Å². The Bertz CT molecular complexity index is 246. The Morgan fingerprint density at radius 3 is 2.92 bits per heavy atom. The standard InChI is InChI=1S/C9H15BrN2O/c1-3-8(4-10)7-13-9-5-11-12(2)6-9/h5-6,8H,3-4,7H2,1-2H3. The van der Waals surface area contributed by atoms with Gasteiger partial charge in [-0.2, -0.15) is 5.10 Å². The largest absolute Gasteiger partial charge is 0.490 e. The Morgan fingerprint density at radius 2 is 2.46 bits per heavy atom. The molecule has 3 nitrogen and oxygen atoms in total. The van der Waals surface area contributed by atoms with Gasteiger partial charge in [0.2, 0.25) is 0 Å². The van der Waals surface area contributed by atoms with Gasteiger partial charge in [0.1, 0.15) is 0 Å². The summed E-state index contributed by atoms with van der Waals surface area (Å²) in [6, 6.07) is 0. The maximum atomic E-state index is 5.56. The molecule has 0 aromatic carbocycles. The molecule has 0 spiro atoms. The van der Waals surface area contributed by atoms with Gasteiger partial charge in [0, 0.05) is 18.3 Å². The highest BCUT2D eigenvalue weighted by Gasteiger charge is 2.05. The van der Waals surface area contributed by atoms with E-state index in [2.05, 4.69) is 28.0 Å². The average molecular weight is 247 g/mol. The first kappa shape index (κ1) is 10.6. The summed E-state index contributed by atoms with van der Waals surface area (Å²) >= 11 is 3.45. The van der Waals surface area contributed by atoms with Crippen LogP contribution in [0.2, 0.25) is 0 Å². The van der Waals surface area contributed by atoms with E-state index >= 15 is 0 Å². The molecule has 0 amide bonds. The highest BCUT2D eigenvalue weighted by atomic mass is 79.9. The molecule has 1 aromatic rings. The van der Waals surface area contributed by atoms with E-state index in [1.807, 2.05) is 13.2 Å². The third-order valence-corrected chi connectivity index (χ3v) is 2.88. The number of alkyl halides is 1. The van der Waals surface area contributed by atoms with Crippen molar-refractivity contribution in [1.82, 2.24) is 9.78 Å². The average Bonchev–Trinajstić information content (AvgIpc) is 2.53. The van der Waals surface area contributed by atoms with Crippen molar-refractivity contribution in [2.24, 2.45) is 13.0 Å². The van der Waals surface area contributed by atoms with Crippen molar-refractivity contribution < 1.29 is 4.74 Å². The van der Waals surface area contributed by atoms with E-state index in [1.165, 1.54) is 0 Å². The predicted molar refractivity (Wildman–Crippen MR) is 56.3 cm³/mol. The summed E-state index contributed by atoms with van der Waals surface area (Å²) in [5.74, 6) is 1.43. The summed E-state index contributed by atoms with van der Waals surface area (Å²) < 4.78 is 7.30. The van der Waals surface area contributed by atoms with Gasteiger partial charge in [-0.05, 0) is 6.42 Å². The Kier molecular flexibility index (Phi) is 4.28. The number of nitrogens with zero attached hydrogens (tertiary/aromatic N) is 2. The molecule has 0 aliphatic heterocycles. The van der Waals surface area contributed by atoms with Crippen LogP contribution < -0.4 is 4.74 Å². The first-order chi connectivity index (χ1) is 6.26. The van der Waals surface area contributed by atoms with Gasteiger partial charge in [-0.15, -0.1) is 0 Å². The lowest BCUT2D eigenvalue weighted by molar-refractivity contribution is 0.260. The molecule has 4 heteroatoms. The predicted octanol–water partition coefficient (Wildman–Crippen LogP) is 2.22. The van der Waals surface area contributed by atoms with Crippen LogP contribution in [0.25, 0.3) is 0 Å². The SMILES string of the molecule is CCC(CBr)COc1cnn(C)c1. The number of ether oxygens (including phenoxy) is 1. The lowest BCUT2D eigenvalue weighted by Gasteiger charge is -2.11. The molecule has 74 valence electrons. The van der Waals surface area contributed by atoms with E-state index in [9.17, 15) is 0 Å². The van der Waals surface area contributed by atoms with Gasteiger partial charge in [-0.25, -0.2) is 0 Å². The smallest absolute Gasteiger partial charge is 0.157 e. The van der Waals surface area contributed by atoms with Crippen molar-refractivity contribution in [3.8, 4) is 5.75 Å². The molecule has 1 atom stereocenters. The summed E-state index contributed by atoms with van der Waals surface area (Å²) in [6.45, 7) is 2.92. The lowest BCUT2D eigenvalue weighted by atomic mass is 10.1. The zero-order chi connectivity index (χ0) is 9.68. The number of aryl methyl sites for hydroxylation is 1. The molecule has 13 heavy (non-hydrogen) atoms. The highest BCUT2D eigenvalue weighted by molar-refractivity contribution is 9.09. The van der Waals surface area contributed by atoms with E-state index in [0.29, 0.717) is 5.92 Å². The van der Waals surface area contributed by atoms with E-state index in [1.54, 1.807) is 10.9 Å². The maximum Gasteiger partial charge on any atom is 0.157 e. The fraction of sp³-hybridized carbons (Fsp3) is 0.667. The first-order valence-electron chi connectivity index (χ1n) is 4.43. The molecule has 0 bridgehead atoms. The van der Waals surface area contributed by atoms with Gasteiger partial charge in [0.25, 0.3) is 0 Å². The van der Waals surface area contributed by atoms with Gasteiger partial charge in [0.15, 0.2) is 5.75 Å². The monoisotopic (exact) mass is 246 g/mol. The lowest BCUT2D eigenvalue weighted by Crippen LogP contribution is -2.12. The normalized spacial score (nSPS) is 12.8. The van der Waals surface area contributed by atoms with E-state index < -0.39 is 0 Å². The number of aromatic nitrogens is 2. The zero-order valence-corrected chi connectivity index (χ0v) is 9.62.